The van der Waals surface area contributed by atoms with E-state index in [0.29, 0.717) is 35.4 Å². The molecule has 0 spiro atoms. The van der Waals surface area contributed by atoms with E-state index < -0.39 is 0 Å². The lowest BCUT2D eigenvalue weighted by molar-refractivity contribution is -0.120. The maximum atomic E-state index is 11.9. The SMILES string of the molecule is CCCOc1ccc(C=NOCC(=O)Nc2ccccc2Cl)cc1OCC. The van der Waals surface area contributed by atoms with Crippen molar-refractivity contribution in [1.29, 1.82) is 0 Å². The highest BCUT2D eigenvalue weighted by atomic mass is 35.5. The minimum absolute atomic E-state index is 0.224. The number of halogens is 1. The summed E-state index contributed by atoms with van der Waals surface area (Å²) < 4.78 is 11.2. The molecule has 6 nitrogen and oxygen atoms in total. The number of benzene rings is 2. The molecule has 2 aromatic carbocycles. The summed E-state index contributed by atoms with van der Waals surface area (Å²) in [5.74, 6) is 0.987. The van der Waals surface area contributed by atoms with Crippen LogP contribution in [0, 0.1) is 0 Å². The van der Waals surface area contributed by atoms with E-state index in [-0.39, 0.29) is 12.5 Å². The highest BCUT2D eigenvalue weighted by molar-refractivity contribution is 6.33. The Bertz CT molecular complexity index is 780. The number of nitrogens with zero attached hydrogens (tertiary/aromatic N) is 1. The minimum atomic E-state index is -0.349. The van der Waals surface area contributed by atoms with Gasteiger partial charge >= 0.3 is 0 Å². The molecule has 0 aromatic heterocycles. The van der Waals surface area contributed by atoms with Gasteiger partial charge in [-0.1, -0.05) is 35.8 Å². The van der Waals surface area contributed by atoms with Gasteiger partial charge in [0.25, 0.3) is 5.91 Å². The molecule has 0 saturated carbocycles. The Morgan fingerprint density at radius 3 is 2.70 bits per heavy atom. The first-order valence-electron chi connectivity index (χ1n) is 8.73. The maximum Gasteiger partial charge on any atom is 0.265 e. The third kappa shape index (κ3) is 6.83. The molecular weight excluding hydrogens is 368 g/mol. The largest absolute Gasteiger partial charge is 0.490 e. The summed E-state index contributed by atoms with van der Waals surface area (Å²) in [7, 11) is 0. The van der Waals surface area contributed by atoms with Crippen LogP contribution in [0.4, 0.5) is 5.69 Å². The second-order valence-electron chi connectivity index (χ2n) is 5.52. The zero-order valence-electron chi connectivity index (χ0n) is 15.4. The Balaban J connectivity index is 1.88. The number of hydrogen-bond donors (Lipinski definition) is 1. The Morgan fingerprint density at radius 1 is 1.15 bits per heavy atom. The van der Waals surface area contributed by atoms with Crippen molar-refractivity contribution in [1.82, 2.24) is 0 Å². The van der Waals surface area contributed by atoms with Gasteiger partial charge in [0.15, 0.2) is 18.1 Å². The number of nitrogens with one attached hydrogen (secondary N) is 1. The molecule has 1 amide bonds. The van der Waals surface area contributed by atoms with Crippen LogP contribution < -0.4 is 14.8 Å². The molecule has 0 fully saturated rings. The first-order valence-corrected chi connectivity index (χ1v) is 9.11. The zero-order valence-corrected chi connectivity index (χ0v) is 16.2. The van der Waals surface area contributed by atoms with Gasteiger partial charge in [0.2, 0.25) is 0 Å². The average Bonchev–Trinajstić information content (AvgIpc) is 2.66. The van der Waals surface area contributed by atoms with Crippen molar-refractivity contribution in [2.24, 2.45) is 5.16 Å². The van der Waals surface area contributed by atoms with Crippen molar-refractivity contribution in [2.75, 3.05) is 25.1 Å². The molecule has 0 unspecified atom stereocenters. The third-order valence-electron chi connectivity index (χ3n) is 3.35. The van der Waals surface area contributed by atoms with E-state index in [1.54, 1.807) is 24.3 Å². The molecular formula is C20H23ClN2O4. The van der Waals surface area contributed by atoms with Crippen LogP contribution in [0.2, 0.25) is 5.02 Å². The van der Waals surface area contributed by atoms with Crippen LogP contribution in [-0.2, 0) is 9.63 Å². The molecule has 0 heterocycles. The second-order valence-corrected chi connectivity index (χ2v) is 5.93. The molecule has 0 radical (unpaired) electrons. The summed E-state index contributed by atoms with van der Waals surface area (Å²) in [5.41, 5.74) is 1.30. The van der Waals surface area contributed by atoms with Crippen LogP contribution in [0.25, 0.3) is 0 Å². The fraction of sp³-hybridized carbons (Fsp3) is 0.300. The van der Waals surface area contributed by atoms with Gasteiger partial charge in [-0.05, 0) is 43.7 Å². The van der Waals surface area contributed by atoms with Crippen molar-refractivity contribution in [3.05, 3.63) is 53.1 Å². The number of amides is 1. The summed E-state index contributed by atoms with van der Waals surface area (Å²) in [4.78, 5) is 16.9. The second kappa shape index (κ2) is 11.1. The smallest absolute Gasteiger partial charge is 0.265 e. The molecule has 0 bridgehead atoms. The van der Waals surface area contributed by atoms with Crippen molar-refractivity contribution in [2.45, 2.75) is 20.3 Å². The van der Waals surface area contributed by atoms with Crippen LogP contribution in [0.3, 0.4) is 0 Å². The molecule has 144 valence electrons. The monoisotopic (exact) mass is 390 g/mol. The molecule has 7 heteroatoms. The first kappa shape index (κ1) is 20.6. The van der Waals surface area contributed by atoms with Crippen molar-refractivity contribution >= 4 is 29.4 Å². The van der Waals surface area contributed by atoms with Crippen LogP contribution >= 0.6 is 11.6 Å². The van der Waals surface area contributed by atoms with Gasteiger partial charge in [-0.25, -0.2) is 0 Å². The number of rotatable bonds is 10. The molecule has 0 saturated heterocycles. The van der Waals surface area contributed by atoms with Gasteiger partial charge in [-0.3, -0.25) is 4.79 Å². The number of carbonyl (C=O) groups is 1. The summed E-state index contributed by atoms with van der Waals surface area (Å²) in [6.45, 7) is 4.88. The van der Waals surface area contributed by atoms with Gasteiger partial charge in [-0.2, -0.15) is 0 Å². The van der Waals surface area contributed by atoms with E-state index >= 15 is 0 Å². The van der Waals surface area contributed by atoms with Crippen molar-refractivity contribution in [3.8, 4) is 11.5 Å². The summed E-state index contributed by atoms with van der Waals surface area (Å²) in [6, 6.07) is 12.4. The number of anilines is 1. The minimum Gasteiger partial charge on any atom is -0.490 e. The lowest BCUT2D eigenvalue weighted by atomic mass is 10.2. The van der Waals surface area contributed by atoms with E-state index in [2.05, 4.69) is 10.5 Å². The molecule has 27 heavy (non-hydrogen) atoms. The zero-order chi connectivity index (χ0) is 19.5. The van der Waals surface area contributed by atoms with E-state index in [1.807, 2.05) is 32.0 Å². The Morgan fingerprint density at radius 2 is 1.96 bits per heavy atom. The number of ether oxygens (including phenoxy) is 2. The van der Waals surface area contributed by atoms with E-state index in [0.717, 1.165) is 12.0 Å². The number of carbonyl (C=O) groups excluding carboxylic acids is 1. The maximum absolute atomic E-state index is 11.9. The average molecular weight is 391 g/mol. The fourth-order valence-corrected chi connectivity index (χ4v) is 2.33. The van der Waals surface area contributed by atoms with E-state index in [9.17, 15) is 4.79 Å². The molecule has 2 rings (SSSR count). The van der Waals surface area contributed by atoms with Gasteiger partial charge in [0, 0.05) is 5.56 Å². The summed E-state index contributed by atoms with van der Waals surface area (Å²) in [5, 5.41) is 6.94. The molecule has 0 atom stereocenters. The normalized spacial score (nSPS) is 10.6. The number of hydrogen-bond acceptors (Lipinski definition) is 5. The van der Waals surface area contributed by atoms with E-state index in [4.69, 9.17) is 25.9 Å². The third-order valence-corrected chi connectivity index (χ3v) is 3.68. The van der Waals surface area contributed by atoms with Crippen molar-refractivity contribution in [3.63, 3.8) is 0 Å². The highest BCUT2D eigenvalue weighted by Crippen LogP contribution is 2.28. The molecule has 0 aliphatic carbocycles. The number of para-hydroxylation sites is 1. The predicted molar refractivity (Wildman–Crippen MR) is 107 cm³/mol. The first-order chi connectivity index (χ1) is 13.1. The molecule has 2 aromatic rings. The van der Waals surface area contributed by atoms with Crippen LogP contribution in [-0.4, -0.2) is 31.9 Å². The quantitative estimate of drug-likeness (QED) is 0.478. The standard InChI is InChI=1S/C20H23ClN2O4/c1-3-11-26-18-10-9-15(12-19(18)25-4-2)13-22-27-14-20(24)23-17-8-6-5-7-16(17)21/h5-10,12-13H,3-4,11,14H2,1-2H3,(H,23,24). The number of oxime groups is 1. The fourth-order valence-electron chi connectivity index (χ4n) is 2.15. The highest BCUT2D eigenvalue weighted by Gasteiger charge is 2.07. The van der Waals surface area contributed by atoms with Crippen LogP contribution in [0.15, 0.2) is 47.6 Å². The lowest BCUT2D eigenvalue weighted by Crippen LogP contribution is -2.17. The topological polar surface area (TPSA) is 69.2 Å². The van der Waals surface area contributed by atoms with Crippen LogP contribution in [0.1, 0.15) is 25.8 Å². The molecule has 1 N–H and O–H groups in total. The van der Waals surface area contributed by atoms with Gasteiger partial charge in [0.1, 0.15) is 0 Å². The Kier molecular flexibility index (Phi) is 8.45. The van der Waals surface area contributed by atoms with Gasteiger partial charge in [-0.15, -0.1) is 0 Å². The van der Waals surface area contributed by atoms with Gasteiger partial charge in [0.05, 0.1) is 30.1 Å². The lowest BCUT2D eigenvalue weighted by Gasteiger charge is -2.11. The summed E-state index contributed by atoms with van der Waals surface area (Å²) in [6.07, 6.45) is 2.42. The van der Waals surface area contributed by atoms with E-state index in [1.165, 1.54) is 6.21 Å². The molecule has 0 aliphatic rings. The summed E-state index contributed by atoms with van der Waals surface area (Å²) >= 11 is 5.99. The van der Waals surface area contributed by atoms with Crippen LogP contribution in [0.5, 0.6) is 11.5 Å². The Hall–Kier alpha value is -2.73. The Labute approximate surface area is 164 Å². The van der Waals surface area contributed by atoms with Crippen molar-refractivity contribution < 1.29 is 19.1 Å². The van der Waals surface area contributed by atoms with Gasteiger partial charge < -0.3 is 19.6 Å². The molecule has 0 aliphatic heterocycles. The predicted octanol–water partition coefficient (Wildman–Crippen LogP) is 4.52.